The van der Waals surface area contributed by atoms with Crippen molar-refractivity contribution < 1.29 is 0 Å². The molecule has 0 spiro atoms. The van der Waals surface area contributed by atoms with Crippen molar-refractivity contribution in [2.75, 3.05) is 4.90 Å². The predicted molar refractivity (Wildman–Crippen MR) is 264 cm³/mol. The molecule has 0 radical (unpaired) electrons. The Morgan fingerprint density at radius 3 is 1.32 bits per heavy atom. The first kappa shape index (κ1) is 39.0. The lowest BCUT2D eigenvalue weighted by Gasteiger charge is -2.38. The molecule has 6 unspecified atom stereocenters. The molecule has 8 aromatic carbocycles. The molecule has 0 amide bonds. The molecule has 6 atom stereocenters. The van der Waals surface area contributed by atoms with Gasteiger partial charge in [-0.1, -0.05) is 161 Å². The predicted octanol–water partition coefficient (Wildman–Crippen LogP) is 16.5. The van der Waals surface area contributed by atoms with Gasteiger partial charge in [0.2, 0.25) is 0 Å². The molecule has 0 aliphatic heterocycles. The van der Waals surface area contributed by atoms with Crippen molar-refractivity contribution in [1.29, 1.82) is 0 Å². The van der Waals surface area contributed by atoms with Crippen LogP contribution in [0.4, 0.5) is 11.4 Å². The van der Waals surface area contributed by atoms with E-state index < -0.39 is 0 Å². The third-order valence-electron chi connectivity index (χ3n) is 16.2. The van der Waals surface area contributed by atoms with Crippen molar-refractivity contribution in [3.8, 4) is 22.3 Å². The summed E-state index contributed by atoms with van der Waals surface area (Å²) < 4.78 is 0. The molecule has 1 fully saturated rings. The van der Waals surface area contributed by atoms with Gasteiger partial charge in [0, 0.05) is 16.9 Å². The average molecular weight is 806 g/mol. The van der Waals surface area contributed by atoms with Crippen LogP contribution in [0.1, 0.15) is 110 Å². The first-order chi connectivity index (χ1) is 30.2. The van der Waals surface area contributed by atoms with Gasteiger partial charge < -0.3 is 4.90 Å². The van der Waals surface area contributed by atoms with Crippen LogP contribution in [-0.4, -0.2) is 5.54 Å². The van der Waals surface area contributed by atoms with Gasteiger partial charge >= 0.3 is 0 Å². The molecular formula is C61H59N. The number of nitrogens with zero attached hydrogens (tertiary/aromatic N) is 1. The summed E-state index contributed by atoms with van der Waals surface area (Å²) >= 11 is 0. The smallest absolute Gasteiger partial charge is 0.0425 e. The Bertz CT molecular complexity index is 2940. The molecule has 0 saturated heterocycles. The SMILES string of the molecule is Cc1ccc(-c2cc3c(c4ccccc24)CC(c2ccc(-c4cc5c(c6ccccc46)CC(c4ccc(N(c6ccccc6)C6(C)CC6)cc4)C(C)C5C)cc2)C(C)C3C)cc1. The largest absolute Gasteiger partial charge is 0.336 e. The average Bonchev–Trinajstić information content (AvgIpc) is 4.06. The van der Waals surface area contributed by atoms with Crippen molar-refractivity contribution in [2.45, 2.75) is 96.4 Å². The van der Waals surface area contributed by atoms with Gasteiger partial charge in [-0.15, -0.1) is 0 Å². The highest BCUT2D eigenvalue weighted by Gasteiger charge is 2.44. The Labute approximate surface area is 369 Å². The number of fused-ring (bicyclic) bond motifs is 6. The third kappa shape index (κ3) is 6.50. The van der Waals surface area contributed by atoms with Gasteiger partial charge in [0.05, 0.1) is 0 Å². The van der Waals surface area contributed by atoms with Gasteiger partial charge in [0.15, 0.2) is 0 Å². The van der Waals surface area contributed by atoms with Crippen LogP contribution in [0.3, 0.4) is 0 Å². The van der Waals surface area contributed by atoms with Crippen LogP contribution in [0.5, 0.6) is 0 Å². The van der Waals surface area contributed by atoms with E-state index in [1.54, 1.807) is 5.56 Å². The summed E-state index contributed by atoms with van der Waals surface area (Å²) in [5.41, 5.74) is 18.5. The number of rotatable bonds is 7. The molecule has 0 N–H and O–H groups in total. The molecule has 0 bridgehead atoms. The first-order valence-corrected chi connectivity index (χ1v) is 23.4. The fourth-order valence-corrected chi connectivity index (χ4v) is 11.8. The Hall–Kier alpha value is -5.92. The lowest BCUT2D eigenvalue weighted by Crippen LogP contribution is -2.30. The van der Waals surface area contributed by atoms with E-state index in [0.717, 1.165) is 12.8 Å². The van der Waals surface area contributed by atoms with E-state index in [2.05, 4.69) is 210 Å². The molecule has 1 nitrogen and oxygen atoms in total. The molecule has 3 aliphatic carbocycles. The molecule has 62 heavy (non-hydrogen) atoms. The Morgan fingerprint density at radius 1 is 0.452 bits per heavy atom. The maximum Gasteiger partial charge on any atom is 0.0425 e. The lowest BCUT2D eigenvalue weighted by molar-refractivity contribution is 0.370. The molecule has 11 rings (SSSR count). The number of aryl methyl sites for hydroxylation is 1. The molecule has 1 saturated carbocycles. The minimum atomic E-state index is 0.201. The highest BCUT2D eigenvalue weighted by atomic mass is 15.2. The van der Waals surface area contributed by atoms with E-state index in [9.17, 15) is 0 Å². The quantitative estimate of drug-likeness (QED) is 0.155. The zero-order valence-electron chi connectivity index (χ0n) is 37.3. The van der Waals surface area contributed by atoms with Gasteiger partial charge in [0.1, 0.15) is 0 Å². The number of hydrogen-bond donors (Lipinski definition) is 0. The normalized spacial score (nSPS) is 22.5. The molecular weight excluding hydrogens is 747 g/mol. The molecule has 0 aromatic heterocycles. The zero-order chi connectivity index (χ0) is 42.3. The molecule has 8 aromatic rings. The van der Waals surface area contributed by atoms with Gasteiger partial charge in [-0.25, -0.2) is 0 Å². The van der Waals surface area contributed by atoms with Crippen LogP contribution in [0.15, 0.2) is 164 Å². The van der Waals surface area contributed by atoms with Gasteiger partial charge in [0.25, 0.3) is 0 Å². The summed E-state index contributed by atoms with van der Waals surface area (Å²) in [6.45, 7) is 14.5. The van der Waals surface area contributed by atoms with E-state index in [1.165, 1.54) is 101 Å². The van der Waals surface area contributed by atoms with Crippen molar-refractivity contribution in [2.24, 2.45) is 11.8 Å². The molecule has 308 valence electrons. The van der Waals surface area contributed by atoms with E-state index in [4.69, 9.17) is 0 Å². The minimum Gasteiger partial charge on any atom is -0.336 e. The van der Waals surface area contributed by atoms with E-state index in [0.29, 0.717) is 35.5 Å². The summed E-state index contributed by atoms with van der Waals surface area (Å²) in [7, 11) is 0. The summed E-state index contributed by atoms with van der Waals surface area (Å²) in [4.78, 5) is 2.57. The minimum absolute atomic E-state index is 0.201. The maximum atomic E-state index is 2.57. The van der Waals surface area contributed by atoms with E-state index in [-0.39, 0.29) is 5.54 Å². The van der Waals surface area contributed by atoms with Gasteiger partial charge in [-0.2, -0.15) is 0 Å². The Morgan fingerprint density at radius 2 is 0.855 bits per heavy atom. The zero-order valence-corrected chi connectivity index (χ0v) is 37.3. The fraction of sp³-hybridized carbons (Fsp3) is 0.279. The number of benzene rings is 8. The topological polar surface area (TPSA) is 3.24 Å². The summed E-state index contributed by atoms with van der Waals surface area (Å²) in [6.07, 6.45) is 4.61. The second-order valence-electron chi connectivity index (χ2n) is 19.7. The summed E-state index contributed by atoms with van der Waals surface area (Å²) in [5.74, 6) is 2.90. The monoisotopic (exact) mass is 805 g/mol. The van der Waals surface area contributed by atoms with Crippen molar-refractivity contribution in [3.05, 3.63) is 203 Å². The van der Waals surface area contributed by atoms with Gasteiger partial charge in [-0.3, -0.25) is 0 Å². The number of hydrogen-bond acceptors (Lipinski definition) is 1. The second-order valence-corrected chi connectivity index (χ2v) is 19.7. The molecule has 1 heteroatoms. The standard InChI is InChI=1S/C61H59N/c1-38-20-22-45(23-21-38)57-36-55-41(4)39(2)53(34-59(55)51-18-12-10-16-49(51)57)43-24-26-46(27-25-43)58-37-56-42(5)40(3)54(35-60(56)52-19-13-11-17-50(52)58)44-28-30-48(31-29-44)62(61(6)32-33-61)47-14-8-7-9-15-47/h7-31,36-37,39-42,53-54H,32-35H2,1-6H3. The van der Waals surface area contributed by atoms with Gasteiger partial charge in [-0.05, 0) is 189 Å². The van der Waals surface area contributed by atoms with Crippen molar-refractivity contribution in [1.82, 2.24) is 0 Å². The fourth-order valence-electron chi connectivity index (χ4n) is 11.8. The Kier molecular flexibility index (Phi) is 9.53. The lowest BCUT2D eigenvalue weighted by atomic mass is 9.66. The van der Waals surface area contributed by atoms with Crippen LogP contribution in [0, 0.1) is 18.8 Å². The van der Waals surface area contributed by atoms with Crippen LogP contribution >= 0.6 is 0 Å². The first-order valence-electron chi connectivity index (χ1n) is 23.4. The molecule has 0 heterocycles. The maximum absolute atomic E-state index is 2.57. The van der Waals surface area contributed by atoms with Crippen LogP contribution in [0.2, 0.25) is 0 Å². The number of para-hydroxylation sites is 1. The Balaban J connectivity index is 0.902. The van der Waals surface area contributed by atoms with Crippen LogP contribution < -0.4 is 4.90 Å². The van der Waals surface area contributed by atoms with E-state index >= 15 is 0 Å². The van der Waals surface area contributed by atoms with Crippen molar-refractivity contribution in [3.63, 3.8) is 0 Å². The summed E-state index contributed by atoms with van der Waals surface area (Å²) in [5, 5.41) is 5.58. The highest BCUT2D eigenvalue weighted by Crippen LogP contribution is 2.52. The molecule has 3 aliphatic rings. The number of anilines is 2. The summed E-state index contributed by atoms with van der Waals surface area (Å²) in [6, 6.07) is 62.9. The van der Waals surface area contributed by atoms with E-state index in [1.807, 2.05) is 0 Å². The van der Waals surface area contributed by atoms with Crippen LogP contribution in [-0.2, 0) is 12.8 Å². The van der Waals surface area contributed by atoms with Crippen molar-refractivity contribution >= 4 is 32.9 Å². The highest BCUT2D eigenvalue weighted by molar-refractivity contribution is 6.01. The van der Waals surface area contributed by atoms with Crippen LogP contribution in [0.25, 0.3) is 43.8 Å². The second kappa shape index (κ2) is 15.2. The third-order valence-corrected chi connectivity index (χ3v) is 16.2.